The third-order valence-electron chi connectivity index (χ3n) is 5.18. The van der Waals surface area contributed by atoms with Gasteiger partial charge in [0.25, 0.3) is 5.91 Å². The number of nitrogens with one attached hydrogen (secondary N) is 2. The first kappa shape index (κ1) is 23.5. The molecule has 0 radical (unpaired) electrons. The lowest BCUT2D eigenvalue weighted by Crippen LogP contribution is -2.38. The Hall–Kier alpha value is -2.65. The zero-order chi connectivity index (χ0) is 23.8. The van der Waals surface area contributed by atoms with Gasteiger partial charge in [-0.25, -0.2) is 0 Å². The van der Waals surface area contributed by atoms with Gasteiger partial charge in [-0.05, 0) is 35.7 Å². The van der Waals surface area contributed by atoms with Crippen molar-refractivity contribution < 1.29 is 43.0 Å². The lowest BCUT2D eigenvalue weighted by molar-refractivity contribution is -0.124. The number of aromatic amines is 1. The van der Waals surface area contributed by atoms with Crippen LogP contribution >= 0.6 is 15.2 Å². The van der Waals surface area contributed by atoms with Gasteiger partial charge in [-0.2, -0.15) is 0 Å². The van der Waals surface area contributed by atoms with Gasteiger partial charge in [0.05, 0.1) is 12.3 Å². The van der Waals surface area contributed by atoms with Crippen molar-refractivity contribution in [3.8, 4) is 11.5 Å². The fourth-order valence-corrected chi connectivity index (χ4v) is 6.00. The molecule has 2 aromatic carbocycles. The quantitative estimate of drug-likeness (QED) is 0.256. The molecule has 0 spiro atoms. The summed E-state index contributed by atoms with van der Waals surface area (Å²) in [4.78, 5) is 52.4. The van der Waals surface area contributed by atoms with Gasteiger partial charge < -0.3 is 39.3 Å². The maximum Gasteiger partial charge on any atom is 0.341 e. The molecule has 4 rings (SSSR count). The number of H-pyrrole nitrogens is 1. The normalized spacial score (nSPS) is 16.4. The minimum Gasteiger partial charge on any atom is -0.493 e. The van der Waals surface area contributed by atoms with Crippen LogP contribution < -0.4 is 14.8 Å². The van der Waals surface area contributed by atoms with E-state index in [9.17, 15) is 33.5 Å². The molecule has 6 N–H and O–H groups in total. The number of ether oxygens (including phenoxy) is 2. The number of para-hydroxylation sites is 2. The predicted molar refractivity (Wildman–Crippen MR) is 119 cm³/mol. The predicted octanol–water partition coefficient (Wildman–Crippen LogP) is 2.56. The van der Waals surface area contributed by atoms with E-state index in [2.05, 4.69) is 10.3 Å². The number of carbonyl (C=O) groups is 1. The summed E-state index contributed by atoms with van der Waals surface area (Å²) in [5.41, 5.74) is 1.45. The number of carbonyl (C=O) groups excluding carboxylic acids is 1. The topological polar surface area (TPSA) is 178 Å². The lowest BCUT2D eigenvalue weighted by atomic mass is 10.2. The van der Waals surface area contributed by atoms with E-state index >= 15 is 0 Å². The van der Waals surface area contributed by atoms with Crippen molar-refractivity contribution in [2.75, 3.05) is 11.9 Å². The van der Waals surface area contributed by atoms with Crippen LogP contribution in [0.15, 0.2) is 48.5 Å². The van der Waals surface area contributed by atoms with Crippen LogP contribution in [0.25, 0.3) is 10.9 Å². The molecule has 1 unspecified atom stereocenters. The van der Waals surface area contributed by atoms with Crippen molar-refractivity contribution in [3.05, 3.63) is 54.2 Å². The number of amides is 1. The molecule has 1 aliphatic heterocycles. The molecule has 1 aliphatic rings. The number of benzene rings is 2. The highest BCUT2D eigenvalue weighted by molar-refractivity contribution is 7.70. The van der Waals surface area contributed by atoms with Crippen LogP contribution in [-0.4, -0.2) is 48.6 Å². The van der Waals surface area contributed by atoms with Crippen LogP contribution in [0.2, 0.25) is 0 Å². The zero-order valence-corrected chi connectivity index (χ0v) is 18.9. The van der Waals surface area contributed by atoms with E-state index < -0.39 is 33.1 Å². The Morgan fingerprint density at radius 2 is 1.76 bits per heavy atom. The highest BCUT2D eigenvalue weighted by Gasteiger charge is 2.43. The molecule has 33 heavy (non-hydrogen) atoms. The Bertz CT molecular complexity index is 1260. The summed E-state index contributed by atoms with van der Waals surface area (Å²) < 4.78 is 34.5. The Morgan fingerprint density at radius 3 is 2.48 bits per heavy atom. The standard InChI is InChI=1S/C20H22N2O9P2/c23-20-18(31-17-4-2-1-3-15(17)22-20)7-8-30-14-6-5-12-9-13(21-16(12)11-14)10-19(32(24,25)26)33(27,28)29/h1-6,9,11,18-19,21H,7-8,10H2,(H,22,23)(H2,24,25,26)(H2,27,28,29). The van der Waals surface area contributed by atoms with Crippen LogP contribution in [0.1, 0.15) is 12.1 Å². The van der Waals surface area contributed by atoms with Gasteiger partial charge in [0.2, 0.25) is 0 Å². The second-order valence-electron chi connectivity index (χ2n) is 7.64. The van der Waals surface area contributed by atoms with Gasteiger partial charge in [0.1, 0.15) is 11.5 Å². The number of hydrogen-bond donors (Lipinski definition) is 6. The molecule has 0 bridgehead atoms. The van der Waals surface area contributed by atoms with E-state index in [1.165, 1.54) is 0 Å². The second kappa shape index (κ2) is 8.95. The monoisotopic (exact) mass is 496 g/mol. The Morgan fingerprint density at radius 1 is 1.03 bits per heavy atom. The van der Waals surface area contributed by atoms with E-state index in [4.69, 9.17) is 9.47 Å². The average molecular weight is 496 g/mol. The van der Waals surface area contributed by atoms with E-state index in [1.54, 1.807) is 42.5 Å². The van der Waals surface area contributed by atoms with Gasteiger partial charge in [-0.3, -0.25) is 13.9 Å². The fourth-order valence-electron chi connectivity index (χ4n) is 3.56. The van der Waals surface area contributed by atoms with Crippen LogP contribution in [0, 0.1) is 0 Å². The largest absolute Gasteiger partial charge is 0.493 e. The maximum atomic E-state index is 12.2. The van der Waals surface area contributed by atoms with E-state index in [0.717, 1.165) is 0 Å². The molecule has 3 aromatic rings. The average Bonchev–Trinajstić information content (AvgIpc) is 3.13. The molecule has 0 saturated carbocycles. The van der Waals surface area contributed by atoms with Crippen molar-refractivity contribution in [2.45, 2.75) is 24.3 Å². The Balaban J connectivity index is 1.40. The molecule has 11 nitrogen and oxygen atoms in total. The van der Waals surface area contributed by atoms with Crippen LogP contribution in [0.3, 0.4) is 0 Å². The summed E-state index contributed by atoms with van der Waals surface area (Å²) in [6.45, 7) is 0.192. The van der Waals surface area contributed by atoms with E-state index in [-0.39, 0.29) is 18.2 Å². The minimum absolute atomic E-state index is 0.192. The maximum absolute atomic E-state index is 12.2. The SMILES string of the molecule is O=C1Nc2ccccc2OC1CCOc1ccc2cc(CC(P(=O)(O)O)P(=O)(O)O)[nH]c2c1. The van der Waals surface area contributed by atoms with Gasteiger partial charge >= 0.3 is 15.2 Å². The van der Waals surface area contributed by atoms with Crippen molar-refractivity contribution >= 4 is 37.7 Å². The van der Waals surface area contributed by atoms with Crippen LogP contribution in [0.5, 0.6) is 11.5 Å². The van der Waals surface area contributed by atoms with Crippen molar-refractivity contribution in [1.29, 1.82) is 0 Å². The third-order valence-corrected chi connectivity index (χ3v) is 8.91. The first-order valence-corrected chi connectivity index (χ1v) is 13.3. The summed E-state index contributed by atoms with van der Waals surface area (Å²) in [7, 11) is -10.0. The van der Waals surface area contributed by atoms with Crippen molar-refractivity contribution in [3.63, 3.8) is 0 Å². The van der Waals surface area contributed by atoms with Gasteiger partial charge in [0.15, 0.2) is 11.5 Å². The highest BCUT2D eigenvalue weighted by Crippen LogP contribution is 2.60. The van der Waals surface area contributed by atoms with Gasteiger partial charge in [0, 0.05) is 30.1 Å². The molecule has 2 heterocycles. The molecular formula is C20H22N2O9P2. The molecule has 1 amide bonds. The summed E-state index contributed by atoms with van der Waals surface area (Å²) in [6.07, 6.45) is -0.909. The molecule has 13 heteroatoms. The second-order valence-corrected chi connectivity index (χ2v) is 11.6. The third kappa shape index (κ3) is 5.47. The number of anilines is 1. The van der Waals surface area contributed by atoms with Gasteiger partial charge in [-0.15, -0.1) is 0 Å². The molecule has 0 saturated heterocycles. The molecule has 0 aliphatic carbocycles. The number of aromatic nitrogens is 1. The summed E-state index contributed by atoms with van der Waals surface area (Å²) in [6, 6.07) is 13.7. The lowest BCUT2D eigenvalue weighted by Gasteiger charge is -2.25. The number of rotatable bonds is 8. The molecule has 176 valence electrons. The van der Waals surface area contributed by atoms with Gasteiger partial charge in [-0.1, -0.05) is 12.1 Å². The fraction of sp³-hybridized carbons (Fsp3) is 0.250. The molecule has 1 atom stereocenters. The molecular weight excluding hydrogens is 474 g/mol. The number of hydrogen-bond acceptors (Lipinski definition) is 5. The van der Waals surface area contributed by atoms with Crippen LogP contribution in [-0.2, 0) is 20.3 Å². The Kier molecular flexibility index (Phi) is 6.37. The van der Waals surface area contributed by atoms with Crippen molar-refractivity contribution in [1.82, 2.24) is 4.98 Å². The Labute approximate surface area is 188 Å². The summed E-state index contributed by atoms with van der Waals surface area (Å²) in [5.74, 6) is 0.812. The zero-order valence-electron chi connectivity index (χ0n) is 17.1. The highest BCUT2D eigenvalue weighted by atomic mass is 31.2. The first-order chi connectivity index (χ1) is 15.5. The smallest absolute Gasteiger partial charge is 0.341 e. The van der Waals surface area contributed by atoms with E-state index in [1.807, 2.05) is 6.07 Å². The number of fused-ring (bicyclic) bond motifs is 2. The first-order valence-electron chi connectivity index (χ1n) is 9.92. The minimum atomic E-state index is -5.02. The van der Waals surface area contributed by atoms with E-state index in [0.29, 0.717) is 34.5 Å². The molecule has 1 aromatic heterocycles. The van der Waals surface area contributed by atoms with Crippen molar-refractivity contribution in [2.24, 2.45) is 0 Å². The summed E-state index contributed by atoms with van der Waals surface area (Å²) >= 11 is 0. The van der Waals surface area contributed by atoms with Crippen LogP contribution in [0.4, 0.5) is 5.69 Å². The summed E-state index contributed by atoms with van der Waals surface area (Å²) in [5, 5.41) is 1.34. The molecule has 0 fully saturated rings.